The largest absolute Gasteiger partial charge is 0.0683 e. The molecule has 0 aliphatic heterocycles. The Morgan fingerprint density at radius 2 is 1.45 bits per heavy atom. The molecule has 0 amide bonds. The molecule has 1 aliphatic rings. The minimum atomic E-state index is 0.327. The second-order valence-corrected chi connectivity index (χ2v) is 6.65. The van der Waals surface area contributed by atoms with Crippen LogP contribution >= 0.6 is 0 Å². The van der Waals surface area contributed by atoms with Gasteiger partial charge < -0.3 is 0 Å². The van der Waals surface area contributed by atoms with Crippen LogP contribution in [0.15, 0.2) is 36.4 Å². The molecule has 108 valence electrons. The highest BCUT2D eigenvalue weighted by atomic mass is 14.4. The number of rotatable bonds is 1. The molecule has 0 saturated heterocycles. The third-order valence-corrected chi connectivity index (χ3v) is 4.48. The average Bonchev–Trinajstić information content (AvgIpc) is 2.77. The Kier molecular flexibility index (Phi) is 4.22. The maximum Gasteiger partial charge on any atom is -0.00380 e. The predicted molar refractivity (Wildman–Crippen MR) is 90.5 cm³/mol. The van der Waals surface area contributed by atoms with E-state index >= 15 is 0 Å². The Balaban J connectivity index is 0.000000704. The molecule has 2 aromatic rings. The summed E-state index contributed by atoms with van der Waals surface area (Å²) in [5.74, 6) is 1.34. The van der Waals surface area contributed by atoms with Gasteiger partial charge in [-0.25, -0.2) is 0 Å². The van der Waals surface area contributed by atoms with Crippen LogP contribution in [0.5, 0.6) is 0 Å². The summed E-state index contributed by atoms with van der Waals surface area (Å²) in [7, 11) is 0. The molecule has 0 radical (unpaired) electrons. The molecule has 0 aromatic heterocycles. The van der Waals surface area contributed by atoms with Crippen LogP contribution in [-0.4, -0.2) is 0 Å². The first-order valence-electron chi connectivity index (χ1n) is 8.05. The van der Waals surface area contributed by atoms with Crippen molar-refractivity contribution in [2.45, 2.75) is 59.8 Å². The average molecular weight is 268 g/mol. The van der Waals surface area contributed by atoms with Gasteiger partial charge in [0.25, 0.3) is 0 Å². The molecule has 0 heteroatoms. The number of hydrogen-bond donors (Lipinski definition) is 0. The summed E-state index contributed by atoms with van der Waals surface area (Å²) in [5, 5.41) is 2.95. The maximum absolute atomic E-state index is 2.38. The van der Waals surface area contributed by atoms with Crippen LogP contribution < -0.4 is 0 Å². The Bertz CT molecular complexity index is 581. The molecule has 3 rings (SSSR count). The fourth-order valence-corrected chi connectivity index (χ4v) is 3.89. The monoisotopic (exact) mass is 268 g/mol. The highest BCUT2D eigenvalue weighted by Crippen LogP contribution is 2.55. The molecule has 2 atom stereocenters. The van der Waals surface area contributed by atoms with Crippen molar-refractivity contribution in [2.24, 2.45) is 5.41 Å². The minimum Gasteiger partial charge on any atom is -0.0683 e. The lowest BCUT2D eigenvalue weighted by molar-refractivity contribution is 0.284. The van der Waals surface area contributed by atoms with E-state index in [0.717, 1.165) is 0 Å². The smallest absolute Gasteiger partial charge is 0.00380 e. The van der Waals surface area contributed by atoms with Crippen molar-refractivity contribution in [2.75, 3.05) is 0 Å². The third kappa shape index (κ3) is 2.26. The Morgan fingerprint density at radius 3 is 1.95 bits per heavy atom. The molecule has 20 heavy (non-hydrogen) atoms. The molecular formula is C20H28. The van der Waals surface area contributed by atoms with Crippen LogP contribution in [0.4, 0.5) is 0 Å². The summed E-state index contributed by atoms with van der Waals surface area (Å²) in [6, 6.07) is 13.6. The van der Waals surface area contributed by atoms with Gasteiger partial charge in [0, 0.05) is 0 Å². The Hall–Kier alpha value is -1.30. The lowest BCUT2D eigenvalue weighted by Gasteiger charge is -2.33. The van der Waals surface area contributed by atoms with Gasteiger partial charge in [-0.2, -0.15) is 0 Å². The van der Waals surface area contributed by atoms with E-state index in [0.29, 0.717) is 17.3 Å². The highest BCUT2D eigenvalue weighted by Gasteiger charge is 2.39. The molecule has 2 unspecified atom stereocenters. The topological polar surface area (TPSA) is 0 Å². The lowest BCUT2D eigenvalue weighted by atomic mass is 9.71. The normalized spacial score (nSPS) is 20.7. The van der Waals surface area contributed by atoms with Gasteiger partial charge in [-0.15, -0.1) is 0 Å². The summed E-state index contributed by atoms with van der Waals surface area (Å²) in [4.78, 5) is 0. The van der Waals surface area contributed by atoms with Crippen molar-refractivity contribution in [1.82, 2.24) is 0 Å². The fourth-order valence-electron chi connectivity index (χ4n) is 3.89. The molecular weight excluding hydrogens is 240 g/mol. The maximum atomic E-state index is 2.38. The molecule has 2 aromatic carbocycles. The van der Waals surface area contributed by atoms with E-state index in [-0.39, 0.29) is 0 Å². The van der Waals surface area contributed by atoms with Crippen molar-refractivity contribution in [3.63, 3.8) is 0 Å². The predicted octanol–water partition coefficient (Wildman–Crippen LogP) is 6.50. The fraction of sp³-hybridized carbons (Fsp3) is 0.500. The van der Waals surface area contributed by atoms with Gasteiger partial charge in [-0.05, 0) is 45.6 Å². The van der Waals surface area contributed by atoms with Gasteiger partial charge in [0.2, 0.25) is 0 Å². The van der Waals surface area contributed by atoms with Crippen LogP contribution in [0.1, 0.15) is 70.9 Å². The second kappa shape index (κ2) is 5.60. The SMILES string of the molecule is CC.CCC1c2cccc3cccc(c23)C1C(C)(C)C. The van der Waals surface area contributed by atoms with Gasteiger partial charge in [-0.3, -0.25) is 0 Å². The first-order chi connectivity index (χ1) is 9.54. The molecule has 0 N–H and O–H groups in total. The van der Waals surface area contributed by atoms with Gasteiger partial charge >= 0.3 is 0 Å². The second-order valence-electron chi connectivity index (χ2n) is 6.65. The summed E-state index contributed by atoms with van der Waals surface area (Å²) in [6.07, 6.45) is 1.23. The molecule has 0 spiro atoms. The summed E-state index contributed by atoms with van der Waals surface area (Å²) in [6.45, 7) is 13.5. The van der Waals surface area contributed by atoms with Gasteiger partial charge in [0.15, 0.2) is 0 Å². The molecule has 0 nitrogen and oxygen atoms in total. The zero-order chi connectivity index (χ0) is 14.9. The van der Waals surface area contributed by atoms with Crippen molar-refractivity contribution >= 4 is 10.8 Å². The number of hydrogen-bond acceptors (Lipinski definition) is 0. The van der Waals surface area contributed by atoms with Gasteiger partial charge in [-0.1, -0.05) is 77.9 Å². The van der Waals surface area contributed by atoms with E-state index in [1.807, 2.05) is 13.8 Å². The summed E-state index contributed by atoms with van der Waals surface area (Å²) < 4.78 is 0. The quantitative estimate of drug-likeness (QED) is 0.553. The molecule has 0 saturated carbocycles. The van der Waals surface area contributed by atoms with Crippen LogP contribution in [-0.2, 0) is 0 Å². The van der Waals surface area contributed by atoms with Gasteiger partial charge in [0.1, 0.15) is 0 Å². The zero-order valence-electron chi connectivity index (χ0n) is 13.8. The van der Waals surface area contributed by atoms with Crippen molar-refractivity contribution < 1.29 is 0 Å². The molecule has 1 aliphatic carbocycles. The van der Waals surface area contributed by atoms with Crippen molar-refractivity contribution in [3.05, 3.63) is 47.5 Å². The van der Waals surface area contributed by atoms with E-state index in [2.05, 4.69) is 64.1 Å². The van der Waals surface area contributed by atoms with Crippen LogP contribution in [0.25, 0.3) is 10.8 Å². The number of benzene rings is 2. The molecule has 0 bridgehead atoms. The minimum absolute atomic E-state index is 0.327. The highest BCUT2D eigenvalue weighted by molar-refractivity contribution is 5.92. The van der Waals surface area contributed by atoms with Crippen LogP contribution in [0, 0.1) is 5.41 Å². The van der Waals surface area contributed by atoms with Gasteiger partial charge in [0.05, 0.1) is 0 Å². The van der Waals surface area contributed by atoms with Crippen molar-refractivity contribution in [1.29, 1.82) is 0 Å². The van der Waals surface area contributed by atoms with E-state index in [1.54, 1.807) is 11.1 Å². The van der Waals surface area contributed by atoms with Crippen LogP contribution in [0.3, 0.4) is 0 Å². The third-order valence-electron chi connectivity index (χ3n) is 4.48. The van der Waals surface area contributed by atoms with E-state index in [9.17, 15) is 0 Å². The van der Waals surface area contributed by atoms with E-state index in [4.69, 9.17) is 0 Å². The van der Waals surface area contributed by atoms with E-state index in [1.165, 1.54) is 17.2 Å². The Morgan fingerprint density at radius 1 is 0.900 bits per heavy atom. The zero-order valence-corrected chi connectivity index (χ0v) is 13.8. The van der Waals surface area contributed by atoms with Crippen LogP contribution in [0.2, 0.25) is 0 Å². The first kappa shape index (κ1) is 15.1. The Labute approximate surface area is 124 Å². The molecule has 0 fully saturated rings. The molecule has 0 heterocycles. The van der Waals surface area contributed by atoms with Crippen molar-refractivity contribution in [3.8, 4) is 0 Å². The lowest BCUT2D eigenvalue weighted by Crippen LogP contribution is -2.21. The summed E-state index contributed by atoms with van der Waals surface area (Å²) >= 11 is 0. The standard InChI is InChI=1S/C18H22.C2H6/c1-5-13-14-10-6-8-12-9-7-11-15(16(12)14)17(13)18(2,3)4;1-2/h6-11,13,17H,5H2,1-4H3;1-2H3. The van der Waals surface area contributed by atoms with E-state index < -0.39 is 0 Å². The summed E-state index contributed by atoms with van der Waals surface area (Å²) in [5.41, 5.74) is 3.47. The first-order valence-corrected chi connectivity index (χ1v) is 8.05.